The molecule has 464 valence electrons. The minimum absolute atomic E-state index is 0.0891. The van der Waals surface area contributed by atoms with Crippen molar-refractivity contribution in [1.82, 2.24) is 0 Å². The van der Waals surface area contributed by atoms with Crippen LogP contribution >= 0.6 is 0 Å². The zero-order valence-corrected chi connectivity index (χ0v) is 53.3. The molecule has 80 heavy (non-hydrogen) atoms. The summed E-state index contributed by atoms with van der Waals surface area (Å²) < 4.78 is 16.9. The number of rotatable bonds is 64. The molecule has 0 aromatic rings. The zero-order valence-electron chi connectivity index (χ0n) is 53.3. The zero-order chi connectivity index (χ0) is 57.8. The first-order valence-corrected chi connectivity index (χ1v) is 34.9. The Labute approximate surface area is 497 Å². The Hall–Kier alpha value is -3.15. The summed E-state index contributed by atoms with van der Waals surface area (Å²) in [6.45, 7) is 6.51. The maximum absolute atomic E-state index is 12.9. The van der Waals surface area contributed by atoms with Gasteiger partial charge in [0.15, 0.2) is 6.10 Å². The lowest BCUT2D eigenvalue weighted by Gasteiger charge is -2.18. The fourth-order valence-corrected chi connectivity index (χ4v) is 10.2. The fraction of sp³-hybridized carbons (Fsp3) is 0.797. The van der Waals surface area contributed by atoms with Crippen LogP contribution in [0, 0.1) is 0 Å². The second-order valence-corrected chi connectivity index (χ2v) is 23.4. The van der Waals surface area contributed by atoms with Crippen LogP contribution in [-0.4, -0.2) is 37.2 Å². The summed E-state index contributed by atoms with van der Waals surface area (Å²) in [4.78, 5) is 38.4. The van der Waals surface area contributed by atoms with E-state index in [-0.39, 0.29) is 31.1 Å². The quantitative estimate of drug-likeness (QED) is 0.0261. The van der Waals surface area contributed by atoms with E-state index in [9.17, 15) is 14.4 Å². The Morgan fingerprint density at radius 3 is 0.812 bits per heavy atom. The first kappa shape index (κ1) is 76.9. The van der Waals surface area contributed by atoms with Crippen LogP contribution in [0.15, 0.2) is 72.9 Å². The van der Waals surface area contributed by atoms with Crippen LogP contribution in [0.25, 0.3) is 0 Å². The van der Waals surface area contributed by atoms with Crippen molar-refractivity contribution in [1.29, 1.82) is 0 Å². The second-order valence-electron chi connectivity index (χ2n) is 23.4. The smallest absolute Gasteiger partial charge is 0.306 e. The Bertz CT molecular complexity index is 1470. The van der Waals surface area contributed by atoms with Gasteiger partial charge in [-0.3, -0.25) is 14.4 Å². The molecule has 0 bridgehead atoms. The van der Waals surface area contributed by atoms with Crippen molar-refractivity contribution >= 4 is 17.9 Å². The van der Waals surface area contributed by atoms with E-state index >= 15 is 0 Å². The summed E-state index contributed by atoms with van der Waals surface area (Å²) in [6.07, 6.45) is 89.5. The summed E-state index contributed by atoms with van der Waals surface area (Å²) in [5, 5.41) is 0. The summed E-state index contributed by atoms with van der Waals surface area (Å²) in [7, 11) is 0. The fourth-order valence-electron chi connectivity index (χ4n) is 10.2. The molecule has 0 aromatic heterocycles. The van der Waals surface area contributed by atoms with Crippen LogP contribution in [0.5, 0.6) is 0 Å². The third-order valence-electron chi connectivity index (χ3n) is 15.4. The molecule has 6 nitrogen and oxygen atoms in total. The molecule has 1 atom stereocenters. The lowest BCUT2D eigenvalue weighted by Crippen LogP contribution is -2.30. The van der Waals surface area contributed by atoms with Crippen LogP contribution in [0.2, 0.25) is 0 Å². The molecule has 0 spiro atoms. The number of allylic oxidation sites excluding steroid dienone is 12. The van der Waals surface area contributed by atoms with Crippen LogP contribution < -0.4 is 0 Å². The van der Waals surface area contributed by atoms with Gasteiger partial charge >= 0.3 is 17.9 Å². The highest BCUT2D eigenvalue weighted by Crippen LogP contribution is 2.18. The third-order valence-corrected chi connectivity index (χ3v) is 15.4. The van der Waals surface area contributed by atoms with E-state index in [4.69, 9.17) is 14.2 Å². The van der Waals surface area contributed by atoms with E-state index in [0.29, 0.717) is 19.3 Å². The SMILES string of the molecule is CC/C=C\C/C=C\C/C=C\C/C=C\CCCCC(=O)OCC(COC(=O)CCCCCCCCCCCCCCCCCCCCCCCCCCCCCCCC)OC(=O)CCCCCCCCC/C=C\C/C=C\CCCCC. The van der Waals surface area contributed by atoms with Gasteiger partial charge in [-0.15, -0.1) is 0 Å². The van der Waals surface area contributed by atoms with Crippen molar-refractivity contribution in [2.45, 2.75) is 367 Å². The molecular weight excluding hydrogens is 985 g/mol. The van der Waals surface area contributed by atoms with Crippen LogP contribution in [0.4, 0.5) is 0 Å². The lowest BCUT2D eigenvalue weighted by atomic mass is 10.0. The first-order valence-electron chi connectivity index (χ1n) is 34.9. The lowest BCUT2D eigenvalue weighted by molar-refractivity contribution is -0.167. The van der Waals surface area contributed by atoms with Gasteiger partial charge in [0.1, 0.15) is 13.2 Å². The maximum Gasteiger partial charge on any atom is 0.306 e. The number of esters is 3. The minimum atomic E-state index is -0.797. The van der Waals surface area contributed by atoms with Gasteiger partial charge in [0.05, 0.1) is 0 Å². The van der Waals surface area contributed by atoms with Crippen LogP contribution in [0.3, 0.4) is 0 Å². The van der Waals surface area contributed by atoms with E-state index in [1.165, 1.54) is 225 Å². The molecule has 0 fully saturated rings. The van der Waals surface area contributed by atoms with E-state index in [2.05, 4.69) is 93.7 Å². The van der Waals surface area contributed by atoms with Crippen LogP contribution in [0.1, 0.15) is 361 Å². The maximum atomic E-state index is 12.9. The largest absolute Gasteiger partial charge is 0.462 e. The number of hydrogen-bond acceptors (Lipinski definition) is 6. The average molecular weight is 1120 g/mol. The molecule has 0 radical (unpaired) electrons. The van der Waals surface area contributed by atoms with Gasteiger partial charge in [-0.1, -0.05) is 325 Å². The average Bonchev–Trinajstić information content (AvgIpc) is 3.46. The van der Waals surface area contributed by atoms with Crippen molar-refractivity contribution in [3.05, 3.63) is 72.9 Å². The normalized spacial score (nSPS) is 12.5. The molecule has 0 rings (SSSR count). The highest BCUT2D eigenvalue weighted by atomic mass is 16.6. The monoisotopic (exact) mass is 1120 g/mol. The number of ether oxygens (including phenoxy) is 3. The molecule has 0 saturated heterocycles. The van der Waals surface area contributed by atoms with Crippen molar-refractivity contribution < 1.29 is 28.6 Å². The summed E-state index contributed by atoms with van der Waals surface area (Å²) >= 11 is 0. The van der Waals surface area contributed by atoms with Gasteiger partial charge < -0.3 is 14.2 Å². The Balaban J connectivity index is 4.22. The Morgan fingerprint density at radius 1 is 0.263 bits per heavy atom. The number of carbonyl (C=O) groups is 3. The number of carbonyl (C=O) groups excluding carboxylic acids is 3. The van der Waals surface area contributed by atoms with Gasteiger partial charge in [-0.25, -0.2) is 0 Å². The molecular formula is C74H132O6. The van der Waals surface area contributed by atoms with Crippen molar-refractivity contribution in [3.8, 4) is 0 Å². The number of hydrogen-bond donors (Lipinski definition) is 0. The van der Waals surface area contributed by atoms with Crippen molar-refractivity contribution in [2.24, 2.45) is 0 Å². The minimum Gasteiger partial charge on any atom is -0.462 e. The Morgan fingerprint density at radius 2 is 0.487 bits per heavy atom. The van der Waals surface area contributed by atoms with Gasteiger partial charge in [0.2, 0.25) is 0 Å². The van der Waals surface area contributed by atoms with Crippen molar-refractivity contribution in [3.63, 3.8) is 0 Å². The molecule has 0 aliphatic carbocycles. The highest BCUT2D eigenvalue weighted by Gasteiger charge is 2.19. The van der Waals surface area contributed by atoms with Gasteiger partial charge in [0, 0.05) is 19.3 Å². The third kappa shape index (κ3) is 65.7. The topological polar surface area (TPSA) is 78.9 Å². The summed E-state index contributed by atoms with van der Waals surface area (Å²) in [5.41, 5.74) is 0. The van der Waals surface area contributed by atoms with Gasteiger partial charge in [-0.2, -0.15) is 0 Å². The second kappa shape index (κ2) is 68.3. The Kier molecular flexibility index (Phi) is 65.7. The molecule has 0 heterocycles. The predicted molar refractivity (Wildman–Crippen MR) is 348 cm³/mol. The summed E-state index contributed by atoms with van der Waals surface area (Å²) in [5.74, 6) is -0.923. The van der Waals surface area contributed by atoms with E-state index in [1.54, 1.807) is 0 Å². The first-order chi connectivity index (χ1) is 39.5. The van der Waals surface area contributed by atoms with E-state index < -0.39 is 6.10 Å². The molecule has 0 aliphatic heterocycles. The van der Waals surface area contributed by atoms with E-state index in [1.807, 2.05) is 0 Å². The molecule has 0 amide bonds. The molecule has 1 unspecified atom stereocenters. The highest BCUT2D eigenvalue weighted by molar-refractivity contribution is 5.71. The number of unbranched alkanes of at least 4 members (excludes halogenated alkanes) is 41. The van der Waals surface area contributed by atoms with E-state index in [0.717, 1.165) is 96.3 Å². The van der Waals surface area contributed by atoms with Gasteiger partial charge in [-0.05, 0) is 89.9 Å². The van der Waals surface area contributed by atoms with Crippen molar-refractivity contribution in [2.75, 3.05) is 13.2 Å². The predicted octanol–water partition coefficient (Wildman–Crippen LogP) is 24.1. The molecule has 0 saturated carbocycles. The van der Waals surface area contributed by atoms with Crippen LogP contribution in [-0.2, 0) is 28.6 Å². The summed E-state index contributed by atoms with van der Waals surface area (Å²) in [6, 6.07) is 0. The standard InChI is InChI=1S/C74H132O6/c1-4-7-10-13-16-19-22-25-28-30-31-32-33-34-35-36-37-38-39-40-41-42-44-46-49-52-55-58-61-64-67-73(76)79-70-71(69-78-72(75)66-63-60-57-54-51-48-45-27-24-21-18-15-12-9-6-3)80-74(77)68-65-62-59-56-53-50-47-43-29-26-23-20-17-14-11-8-5-2/h9,12,17-18,20-21,26-27,29,45,51,54,71H,4-8,10-11,13-16,19,22-25,28,30-44,46-50,52-53,55-70H2,1-3H3/b12-9-,20-17-,21-18-,29-26-,45-27-,54-51-. The molecule has 0 aliphatic rings. The molecule has 6 heteroatoms. The van der Waals surface area contributed by atoms with Gasteiger partial charge in [0.25, 0.3) is 0 Å². The molecule has 0 aromatic carbocycles. The molecule has 0 N–H and O–H groups in total.